The van der Waals surface area contributed by atoms with Crippen LogP contribution in [-0.2, 0) is 9.59 Å². The second kappa shape index (κ2) is 11.5. The van der Waals surface area contributed by atoms with Crippen molar-refractivity contribution in [2.45, 2.75) is 57.5 Å². The van der Waals surface area contributed by atoms with Crippen molar-refractivity contribution >= 4 is 11.8 Å². The van der Waals surface area contributed by atoms with Crippen molar-refractivity contribution in [2.75, 3.05) is 6.61 Å². The van der Waals surface area contributed by atoms with E-state index < -0.39 is 12.1 Å². The molecule has 0 aliphatic heterocycles. The average molecular weight is 374 g/mol. The summed E-state index contributed by atoms with van der Waals surface area (Å²) in [7, 11) is 0. The van der Waals surface area contributed by atoms with E-state index in [2.05, 4.69) is 12.2 Å². The molecule has 0 saturated heterocycles. The molecule has 1 aliphatic carbocycles. The van der Waals surface area contributed by atoms with Gasteiger partial charge in [-0.05, 0) is 43.7 Å². The van der Waals surface area contributed by atoms with Gasteiger partial charge in [0.25, 0.3) is 0 Å². The highest BCUT2D eigenvalue weighted by molar-refractivity contribution is 5.83. The third-order valence-electron chi connectivity index (χ3n) is 5.11. The maximum absolute atomic E-state index is 12.1. The van der Waals surface area contributed by atoms with Gasteiger partial charge < -0.3 is 14.9 Å². The van der Waals surface area contributed by atoms with Crippen LogP contribution >= 0.6 is 0 Å². The van der Waals surface area contributed by atoms with Crippen molar-refractivity contribution in [1.82, 2.24) is 0 Å². The van der Waals surface area contributed by atoms with E-state index in [9.17, 15) is 14.7 Å². The summed E-state index contributed by atoms with van der Waals surface area (Å²) in [5.41, 5.74) is 0. The molecule has 3 atom stereocenters. The van der Waals surface area contributed by atoms with E-state index in [1.807, 2.05) is 30.3 Å². The number of rotatable bonds is 12. The van der Waals surface area contributed by atoms with E-state index in [1.54, 1.807) is 0 Å². The predicted molar refractivity (Wildman–Crippen MR) is 104 cm³/mol. The first-order chi connectivity index (χ1) is 13.1. The molecule has 0 spiro atoms. The molecule has 148 valence electrons. The Kier molecular flexibility index (Phi) is 9.05. The molecule has 1 unspecified atom stereocenters. The third-order valence-corrected chi connectivity index (χ3v) is 5.11. The number of hydrogen-bond acceptors (Lipinski definition) is 4. The molecular weight excluding hydrogens is 344 g/mol. The number of carbonyl (C=O) groups is 2. The van der Waals surface area contributed by atoms with Crippen LogP contribution in [0.1, 0.15) is 51.4 Å². The molecule has 1 aliphatic rings. The van der Waals surface area contributed by atoms with Crippen LogP contribution in [0.3, 0.4) is 0 Å². The van der Waals surface area contributed by atoms with Crippen LogP contribution in [0.5, 0.6) is 5.75 Å². The standard InChI is InChI=1S/C22H30O5/c23-20-15-14-17(9-7-8-16-27-18-10-3-1-4-11-18)19(20)12-5-2-6-13-21(24)22(25)26/h1,3-4,7,9-11,17,19,21,24H,2,5-6,8,12-16H2,(H,25,26)/b9-7+/t17-,19+,21?/m0/s1. The molecule has 0 bridgehead atoms. The molecule has 0 radical (unpaired) electrons. The Bertz CT molecular complexity index is 610. The van der Waals surface area contributed by atoms with Crippen LogP contribution in [0.15, 0.2) is 42.5 Å². The second-order valence-corrected chi connectivity index (χ2v) is 7.15. The third kappa shape index (κ3) is 7.55. The van der Waals surface area contributed by atoms with Crippen LogP contribution < -0.4 is 4.74 Å². The average Bonchev–Trinajstić information content (AvgIpc) is 3.01. The lowest BCUT2D eigenvalue weighted by Gasteiger charge is -2.15. The molecule has 0 aromatic heterocycles. The van der Waals surface area contributed by atoms with Crippen molar-refractivity contribution in [3.8, 4) is 5.75 Å². The van der Waals surface area contributed by atoms with Crippen LogP contribution in [-0.4, -0.2) is 34.7 Å². The molecular formula is C22H30O5. The monoisotopic (exact) mass is 374 g/mol. The normalized spacial score (nSPS) is 20.9. The summed E-state index contributed by atoms with van der Waals surface area (Å²) in [6.45, 7) is 0.623. The van der Waals surface area contributed by atoms with Gasteiger partial charge >= 0.3 is 5.97 Å². The fourth-order valence-corrected chi connectivity index (χ4v) is 3.57. The number of allylic oxidation sites excluding steroid dienone is 1. The first-order valence-corrected chi connectivity index (χ1v) is 9.86. The fourth-order valence-electron chi connectivity index (χ4n) is 3.57. The fraction of sp³-hybridized carbons (Fsp3) is 0.545. The molecule has 1 aromatic rings. The number of aliphatic hydroxyl groups is 1. The van der Waals surface area contributed by atoms with Gasteiger partial charge in [0.05, 0.1) is 6.61 Å². The number of hydrogen-bond donors (Lipinski definition) is 2. The zero-order valence-corrected chi connectivity index (χ0v) is 15.8. The van der Waals surface area contributed by atoms with Crippen molar-refractivity contribution in [1.29, 1.82) is 0 Å². The first-order valence-electron chi connectivity index (χ1n) is 9.86. The molecule has 2 N–H and O–H groups in total. The topological polar surface area (TPSA) is 83.8 Å². The predicted octanol–water partition coefficient (Wildman–Crippen LogP) is 4.00. The van der Waals surface area contributed by atoms with E-state index in [0.717, 1.165) is 37.9 Å². The van der Waals surface area contributed by atoms with Crippen molar-refractivity contribution in [3.63, 3.8) is 0 Å². The number of Topliss-reactive ketones (excluding diaryl/α,β-unsaturated/α-hetero) is 1. The summed E-state index contributed by atoms with van der Waals surface area (Å²) in [5, 5.41) is 17.9. The number of carboxylic acid groups (broad SMARTS) is 1. The number of para-hydroxylation sites is 1. The van der Waals surface area contributed by atoms with Gasteiger partial charge in [-0.15, -0.1) is 0 Å². The minimum Gasteiger partial charge on any atom is -0.493 e. The second-order valence-electron chi connectivity index (χ2n) is 7.15. The lowest BCUT2D eigenvalue weighted by Crippen LogP contribution is -2.19. The Hall–Kier alpha value is -2.14. The Morgan fingerprint density at radius 3 is 2.74 bits per heavy atom. The summed E-state index contributed by atoms with van der Waals surface area (Å²) in [4.78, 5) is 22.7. The highest BCUT2D eigenvalue weighted by Crippen LogP contribution is 2.33. The number of benzene rings is 1. The number of carbonyl (C=O) groups excluding carboxylic acids is 1. The van der Waals surface area contributed by atoms with Gasteiger partial charge in [-0.3, -0.25) is 4.79 Å². The van der Waals surface area contributed by atoms with Crippen LogP contribution in [0.2, 0.25) is 0 Å². The Labute approximate surface area is 161 Å². The maximum atomic E-state index is 12.1. The zero-order chi connectivity index (χ0) is 19.5. The largest absolute Gasteiger partial charge is 0.493 e. The molecule has 0 amide bonds. The molecule has 2 rings (SSSR count). The van der Waals surface area contributed by atoms with Crippen LogP contribution in [0, 0.1) is 11.8 Å². The number of unbranched alkanes of at least 4 members (excludes halogenated alkanes) is 2. The smallest absolute Gasteiger partial charge is 0.332 e. The highest BCUT2D eigenvalue weighted by Gasteiger charge is 2.32. The molecule has 1 fully saturated rings. The Morgan fingerprint density at radius 2 is 2.00 bits per heavy atom. The summed E-state index contributed by atoms with van der Waals surface area (Å²) >= 11 is 0. The zero-order valence-electron chi connectivity index (χ0n) is 15.8. The minimum absolute atomic E-state index is 0.0840. The van der Waals surface area contributed by atoms with E-state index >= 15 is 0 Å². The van der Waals surface area contributed by atoms with E-state index in [1.165, 1.54) is 0 Å². The molecule has 5 nitrogen and oxygen atoms in total. The first kappa shape index (κ1) is 21.2. The summed E-state index contributed by atoms with van der Waals surface area (Å²) in [5.74, 6) is 0.436. The van der Waals surface area contributed by atoms with Gasteiger partial charge in [0.2, 0.25) is 0 Å². The van der Waals surface area contributed by atoms with Gasteiger partial charge in [0, 0.05) is 12.3 Å². The molecule has 5 heteroatoms. The number of aliphatic carboxylic acids is 1. The summed E-state index contributed by atoms with van der Waals surface area (Å²) in [6.07, 6.45) is 8.92. The number of ether oxygens (including phenoxy) is 1. The lowest BCUT2D eigenvalue weighted by molar-refractivity contribution is -0.146. The van der Waals surface area contributed by atoms with Crippen LogP contribution in [0.25, 0.3) is 0 Å². The summed E-state index contributed by atoms with van der Waals surface area (Å²) < 4.78 is 5.67. The van der Waals surface area contributed by atoms with Crippen molar-refractivity contribution in [3.05, 3.63) is 42.5 Å². The van der Waals surface area contributed by atoms with Gasteiger partial charge in [0.15, 0.2) is 6.10 Å². The van der Waals surface area contributed by atoms with E-state index in [-0.39, 0.29) is 12.3 Å². The van der Waals surface area contributed by atoms with E-state index in [4.69, 9.17) is 9.84 Å². The van der Waals surface area contributed by atoms with Gasteiger partial charge in [-0.1, -0.05) is 49.6 Å². The Morgan fingerprint density at radius 1 is 1.22 bits per heavy atom. The van der Waals surface area contributed by atoms with Crippen molar-refractivity contribution in [2.24, 2.45) is 11.8 Å². The number of ketones is 1. The van der Waals surface area contributed by atoms with Crippen molar-refractivity contribution < 1.29 is 24.5 Å². The van der Waals surface area contributed by atoms with E-state index in [0.29, 0.717) is 31.1 Å². The van der Waals surface area contributed by atoms with Crippen LogP contribution in [0.4, 0.5) is 0 Å². The minimum atomic E-state index is -1.27. The number of aliphatic hydroxyl groups excluding tert-OH is 1. The number of carboxylic acids is 1. The SMILES string of the molecule is O=C(O)C(O)CCCCC[C@H]1C(=O)CC[C@@H]1/C=C/CCOc1ccccc1. The Balaban J connectivity index is 1.64. The van der Waals surface area contributed by atoms with Gasteiger partial charge in [-0.25, -0.2) is 4.79 Å². The maximum Gasteiger partial charge on any atom is 0.332 e. The van der Waals surface area contributed by atoms with Gasteiger partial charge in [0.1, 0.15) is 11.5 Å². The molecule has 0 heterocycles. The highest BCUT2D eigenvalue weighted by atomic mass is 16.5. The summed E-state index contributed by atoms with van der Waals surface area (Å²) in [6, 6.07) is 9.72. The lowest BCUT2D eigenvalue weighted by atomic mass is 9.89. The molecule has 1 aromatic carbocycles. The quantitative estimate of drug-likeness (QED) is 0.427. The van der Waals surface area contributed by atoms with Gasteiger partial charge in [-0.2, -0.15) is 0 Å². The molecule has 1 saturated carbocycles. The molecule has 27 heavy (non-hydrogen) atoms.